The van der Waals surface area contributed by atoms with Crippen LogP contribution in [0.4, 0.5) is 0 Å². The molecule has 1 fully saturated rings. The Morgan fingerprint density at radius 3 is 2.36 bits per heavy atom. The molecule has 82 valence electrons. The lowest BCUT2D eigenvalue weighted by atomic mass is 9.78. The van der Waals surface area contributed by atoms with Crippen molar-refractivity contribution in [3.8, 4) is 0 Å². The summed E-state index contributed by atoms with van der Waals surface area (Å²) in [5, 5.41) is 9.13. The van der Waals surface area contributed by atoms with Gasteiger partial charge in [-0.25, -0.2) is 8.93 Å². The number of nitrogens with one attached hydrogen (secondary N) is 1. The second kappa shape index (κ2) is 4.40. The molecule has 1 aliphatic rings. The van der Waals surface area contributed by atoms with Gasteiger partial charge in [-0.1, -0.05) is 6.92 Å². The van der Waals surface area contributed by atoms with E-state index in [0.717, 1.165) is 12.8 Å². The van der Waals surface area contributed by atoms with E-state index < -0.39 is 22.5 Å². The maximum atomic E-state index is 11.1. The lowest BCUT2D eigenvalue weighted by molar-refractivity contribution is -0.145. The highest BCUT2D eigenvalue weighted by Crippen LogP contribution is 2.32. The SMILES string of the molecule is CC1CCC(NS(C)=O)(C(=O)O)CC1. The van der Waals surface area contributed by atoms with Crippen molar-refractivity contribution in [3.63, 3.8) is 0 Å². The topological polar surface area (TPSA) is 66.4 Å². The third kappa shape index (κ3) is 2.54. The Bertz CT molecular complexity index is 246. The summed E-state index contributed by atoms with van der Waals surface area (Å²) < 4.78 is 13.7. The van der Waals surface area contributed by atoms with Gasteiger partial charge in [0, 0.05) is 6.26 Å². The van der Waals surface area contributed by atoms with Crippen molar-refractivity contribution < 1.29 is 14.1 Å². The molecule has 0 saturated heterocycles. The van der Waals surface area contributed by atoms with E-state index in [9.17, 15) is 9.00 Å². The van der Waals surface area contributed by atoms with E-state index in [4.69, 9.17) is 5.11 Å². The van der Waals surface area contributed by atoms with Gasteiger partial charge in [-0.3, -0.25) is 4.79 Å². The quantitative estimate of drug-likeness (QED) is 0.741. The monoisotopic (exact) mass is 219 g/mol. The Kier molecular flexibility index (Phi) is 3.66. The lowest BCUT2D eigenvalue weighted by Gasteiger charge is -2.35. The molecule has 0 radical (unpaired) electrons. The molecule has 1 aliphatic carbocycles. The van der Waals surface area contributed by atoms with Gasteiger partial charge in [0.1, 0.15) is 5.54 Å². The molecule has 0 heterocycles. The van der Waals surface area contributed by atoms with Crippen LogP contribution < -0.4 is 4.72 Å². The zero-order valence-corrected chi connectivity index (χ0v) is 9.39. The van der Waals surface area contributed by atoms with Crippen molar-refractivity contribution in [2.24, 2.45) is 5.92 Å². The van der Waals surface area contributed by atoms with Crippen LogP contribution in [-0.4, -0.2) is 27.1 Å². The second-order valence-electron chi connectivity index (χ2n) is 4.13. The number of hydrogen-bond acceptors (Lipinski definition) is 2. The van der Waals surface area contributed by atoms with Gasteiger partial charge in [0.25, 0.3) is 0 Å². The fourth-order valence-corrected chi connectivity index (χ4v) is 2.73. The Morgan fingerprint density at radius 1 is 1.50 bits per heavy atom. The normalized spacial score (nSPS) is 35.1. The molecular formula is C9H17NO3S. The second-order valence-corrected chi connectivity index (χ2v) is 5.24. The third-order valence-corrected chi connectivity index (χ3v) is 3.55. The number of hydrogen-bond donors (Lipinski definition) is 2. The first kappa shape index (κ1) is 11.7. The van der Waals surface area contributed by atoms with Crippen LogP contribution in [-0.2, 0) is 15.8 Å². The van der Waals surface area contributed by atoms with Crippen LogP contribution in [0.3, 0.4) is 0 Å². The minimum Gasteiger partial charge on any atom is -0.480 e. The van der Waals surface area contributed by atoms with Gasteiger partial charge in [0.05, 0.1) is 11.0 Å². The number of rotatable bonds is 3. The van der Waals surface area contributed by atoms with Crippen LogP contribution in [0, 0.1) is 5.92 Å². The number of carboxylic acid groups (broad SMARTS) is 1. The maximum Gasteiger partial charge on any atom is 0.324 e. The van der Waals surface area contributed by atoms with Crippen LogP contribution >= 0.6 is 0 Å². The van der Waals surface area contributed by atoms with Crippen molar-refractivity contribution in [2.75, 3.05) is 6.26 Å². The van der Waals surface area contributed by atoms with E-state index in [-0.39, 0.29) is 0 Å². The van der Waals surface area contributed by atoms with E-state index >= 15 is 0 Å². The average molecular weight is 219 g/mol. The summed E-state index contributed by atoms with van der Waals surface area (Å²) in [6.45, 7) is 2.12. The Hall–Kier alpha value is -0.420. The number of carbonyl (C=O) groups is 1. The van der Waals surface area contributed by atoms with Crippen LogP contribution in [0.1, 0.15) is 32.6 Å². The predicted octanol–water partition coefficient (Wildman–Crippen LogP) is 0.903. The van der Waals surface area contributed by atoms with Crippen molar-refractivity contribution in [3.05, 3.63) is 0 Å². The van der Waals surface area contributed by atoms with E-state index in [2.05, 4.69) is 11.6 Å². The molecule has 0 aromatic carbocycles. The number of aliphatic carboxylic acids is 1. The summed E-state index contributed by atoms with van der Waals surface area (Å²) >= 11 is 0. The van der Waals surface area contributed by atoms with Crippen molar-refractivity contribution in [2.45, 2.75) is 38.1 Å². The Morgan fingerprint density at radius 2 is 2.00 bits per heavy atom. The van der Waals surface area contributed by atoms with Crippen molar-refractivity contribution in [1.29, 1.82) is 0 Å². The number of carboxylic acids is 1. The first-order valence-corrected chi connectivity index (χ1v) is 6.37. The summed E-state index contributed by atoms with van der Waals surface area (Å²) in [5.41, 5.74) is -0.952. The molecule has 0 aromatic heterocycles. The molecule has 0 amide bonds. The molecule has 1 saturated carbocycles. The molecule has 0 bridgehead atoms. The van der Waals surface area contributed by atoms with Gasteiger partial charge in [-0.15, -0.1) is 0 Å². The molecular weight excluding hydrogens is 202 g/mol. The van der Waals surface area contributed by atoms with Gasteiger partial charge in [0.15, 0.2) is 0 Å². The highest BCUT2D eigenvalue weighted by molar-refractivity contribution is 7.82. The smallest absolute Gasteiger partial charge is 0.324 e. The summed E-state index contributed by atoms with van der Waals surface area (Å²) in [4.78, 5) is 11.1. The Balaban J connectivity index is 2.73. The first-order valence-electron chi connectivity index (χ1n) is 4.81. The van der Waals surface area contributed by atoms with Gasteiger partial charge in [-0.2, -0.15) is 0 Å². The summed E-state index contributed by atoms with van der Waals surface area (Å²) in [6.07, 6.45) is 4.39. The van der Waals surface area contributed by atoms with Crippen molar-refractivity contribution in [1.82, 2.24) is 4.72 Å². The van der Waals surface area contributed by atoms with E-state index in [0.29, 0.717) is 18.8 Å². The average Bonchev–Trinajstić information content (AvgIpc) is 2.08. The molecule has 0 spiro atoms. The molecule has 1 unspecified atom stereocenters. The fraction of sp³-hybridized carbons (Fsp3) is 0.889. The van der Waals surface area contributed by atoms with Crippen LogP contribution in [0.5, 0.6) is 0 Å². The minimum absolute atomic E-state index is 0.572. The zero-order chi connectivity index (χ0) is 10.8. The highest BCUT2D eigenvalue weighted by atomic mass is 32.2. The molecule has 4 nitrogen and oxygen atoms in total. The minimum atomic E-state index is -1.27. The molecule has 14 heavy (non-hydrogen) atoms. The maximum absolute atomic E-state index is 11.1. The molecule has 5 heteroatoms. The molecule has 1 atom stereocenters. The summed E-state index contributed by atoms with van der Waals surface area (Å²) in [7, 11) is -1.27. The lowest BCUT2D eigenvalue weighted by Crippen LogP contribution is -2.54. The third-order valence-electron chi connectivity index (χ3n) is 2.88. The van der Waals surface area contributed by atoms with E-state index in [1.807, 2.05) is 0 Å². The standard InChI is InChI=1S/C9H17NO3S/c1-7-3-5-9(6-4-7,8(11)12)10-14(2)13/h7,10H,3-6H2,1-2H3,(H,11,12). The Labute approximate surface area is 86.7 Å². The van der Waals surface area contributed by atoms with Crippen LogP contribution in [0.25, 0.3) is 0 Å². The van der Waals surface area contributed by atoms with Gasteiger partial charge in [0.2, 0.25) is 0 Å². The largest absolute Gasteiger partial charge is 0.480 e. The summed E-state index contributed by atoms with van der Waals surface area (Å²) in [6, 6.07) is 0. The highest BCUT2D eigenvalue weighted by Gasteiger charge is 2.41. The molecule has 1 rings (SSSR count). The van der Waals surface area contributed by atoms with Crippen LogP contribution in [0.15, 0.2) is 0 Å². The van der Waals surface area contributed by atoms with Gasteiger partial charge >= 0.3 is 5.97 Å². The van der Waals surface area contributed by atoms with Gasteiger partial charge in [-0.05, 0) is 31.6 Å². The fourth-order valence-electron chi connectivity index (χ4n) is 1.89. The zero-order valence-electron chi connectivity index (χ0n) is 8.58. The van der Waals surface area contributed by atoms with Crippen molar-refractivity contribution >= 4 is 17.0 Å². The molecule has 0 aromatic rings. The summed E-state index contributed by atoms with van der Waals surface area (Å²) in [5.74, 6) is -0.297. The predicted molar refractivity (Wildman–Crippen MR) is 55.2 cm³/mol. The molecule has 2 N–H and O–H groups in total. The van der Waals surface area contributed by atoms with Gasteiger partial charge < -0.3 is 5.11 Å². The van der Waals surface area contributed by atoms with E-state index in [1.165, 1.54) is 6.26 Å². The first-order chi connectivity index (χ1) is 6.46. The van der Waals surface area contributed by atoms with Crippen LogP contribution in [0.2, 0.25) is 0 Å². The van der Waals surface area contributed by atoms with E-state index in [1.54, 1.807) is 0 Å². The molecule has 0 aliphatic heterocycles.